The molecular weight excluding hydrogens is 364 g/mol. The molecule has 0 unspecified atom stereocenters. The van der Waals surface area contributed by atoms with Gasteiger partial charge in [-0.05, 0) is 43.5 Å². The van der Waals surface area contributed by atoms with Gasteiger partial charge in [0.25, 0.3) is 5.91 Å². The van der Waals surface area contributed by atoms with Crippen molar-refractivity contribution in [2.75, 3.05) is 30.4 Å². The predicted molar refractivity (Wildman–Crippen MR) is 116 cm³/mol. The summed E-state index contributed by atoms with van der Waals surface area (Å²) >= 11 is 0. The third-order valence-corrected chi connectivity index (χ3v) is 5.50. The Balaban J connectivity index is 1.63. The number of hydrogen-bond acceptors (Lipinski definition) is 4. The first-order valence-electron chi connectivity index (χ1n) is 9.92. The second-order valence-corrected chi connectivity index (χ2v) is 7.34. The molecule has 1 amide bonds. The number of aromatic nitrogens is 2. The highest BCUT2D eigenvalue weighted by Gasteiger charge is 2.23. The van der Waals surface area contributed by atoms with Crippen LogP contribution in [0.4, 0.5) is 11.5 Å². The Morgan fingerprint density at radius 2 is 1.86 bits per heavy atom. The summed E-state index contributed by atoms with van der Waals surface area (Å²) in [5, 5.41) is 7.74. The number of ether oxygens (including phenoxy) is 1. The van der Waals surface area contributed by atoms with Crippen LogP contribution >= 0.6 is 0 Å². The lowest BCUT2D eigenvalue weighted by molar-refractivity contribution is 0.102. The van der Waals surface area contributed by atoms with Gasteiger partial charge in [-0.25, -0.2) is 0 Å². The first-order valence-corrected chi connectivity index (χ1v) is 9.92. The minimum absolute atomic E-state index is 0.140. The number of carbonyl (C=O) groups is 1. The van der Waals surface area contributed by atoms with E-state index in [2.05, 4.69) is 15.3 Å². The average molecular weight is 390 g/mol. The minimum Gasteiger partial charge on any atom is -0.496 e. The zero-order chi connectivity index (χ0) is 20.4. The third kappa shape index (κ3) is 3.70. The molecule has 2 heterocycles. The Morgan fingerprint density at radius 1 is 1.10 bits per heavy atom. The van der Waals surface area contributed by atoms with Gasteiger partial charge >= 0.3 is 0 Å². The van der Waals surface area contributed by atoms with Gasteiger partial charge in [-0.2, -0.15) is 5.10 Å². The molecular formula is C23H26N4O2. The van der Waals surface area contributed by atoms with Crippen molar-refractivity contribution in [1.82, 2.24) is 9.78 Å². The highest BCUT2D eigenvalue weighted by molar-refractivity contribution is 6.06. The monoisotopic (exact) mass is 390 g/mol. The summed E-state index contributed by atoms with van der Waals surface area (Å²) in [6.45, 7) is 3.93. The summed E-state index contributed by atoms with van der Waals surface area (Å²) in [7, 11) is 3.56. The van der Waals surface area contributed by atoms with Crippen LogP contribution in [0.1, 0.15) is 28.9 Å². The van der Waals surface area contributed by atoms with Crippen molar-refractivity contribution in [2.24, 2.45) is 7.05 Å². The first kappa shape index (κ1) is 19.1. The maximum absolute atomic E-state index is 13.1. The molecule has 6 heteroatoms. The third-order valence-electron chi connectivity index (χ3n) is 5.50. The lowest BCUT2D eigenvalue weighted by Crippen LogP contribution is -2.21. The molecule has 0 radical (unpaired) electrons. The van der Waals surface area contributed by atoms with Crippen molar-refractivity contribution in [3.8, 4) is 16.9 Å². The molecule has 1 N–H and O–H groups in total. The van der Waals surface area contributed by atoms with E-state index in [-0.39, 0.29) is 5.91 Å². The molecule has 2 aromatic carbocycles. The van der Waals surface area contributed by atoms with Crippen LogP contribution in [0.3, 0.4) is 0 Å². The summed E-state index contributed by atoms with van der Waals surface area (Å²) < 4.78 is 7.30. The second-order valence-electron chi connectivity index (χ2n) is 7.34. The molecule has 0 atom stereocenters. The number of anilines is 2. The highest BCUT2D eigenvalue weighted by atomic mass is 16.5. The van der Waals surface area contributed by atoms with Gasteiger partial charge in [0.05, 0.1) is 12.8 Å². The number of hydrogen-bond donors (Lipinski definition) is 1. The van der Waals surface area contributed by atoms with Gasteiger partial charge in [-0.15, -0.1) is 0 Å². The van der Waals surface area contributed by atoms with E-state index in [4.69, 9.17) is 4.74 Å². The Morgan fingerprint density at radius 3 is 2.62 bits per heavy atom. The lowest BCUT2D eigenvalue weighted by atomic mass is 10.0. The van der Waals surface area contributed by atoms with Crippen molar-refractivity contribution in [2.45, 2.75) is 19.8 Å². The summed E-state index contributed by atoms with van der Waals surface area (Å²) in [5.74, 6) is 1.50. The van der Waals surface area contributed by atoms with Gasteiger partial charge in [0.2, 0.25) is 0 Å². The molecule has 1 aliphatic heterocycles. The van der Waals surface area contributed by atoms with E-state index < -0.39 is 0 Å². The Kier molecular flexibility index (Phi) is 5.25. The standard InChI is InChI=1S/C23H26N4O2/c1-16-21(22(25-26(16)2)27-13-6-7-14-27)24-23(28)18-10-8-9-17(15-18)19-11-4-5-12-20(19)29-3/h4-5,8-12,15H,6-7,13-14H2,1-3H3,(H,24,28). The molecule has 0 spiro atoms. The van der Waals surface area contributed by atoms with Gasteiger partial charge in [-0.1, -0.05) is 30.3 Å². The number of nitrogens with one attached hydrogen (secondary N) is 1. The normalized spacial score (nSPS) is 13.6. The van der Waals surface area contributed by atoms with Crippen LogP contribution in [0.5, 0.6) is 5.75 Å². The molecule has 4 rings (SSSR count). The zero-order valence-electron chi connectivity index (χ0n) is 17.1. The van der Waals surface area contributed by atoms with Crippen LogP contribution in [-0.4, -0.2) is 35.9 Å². The molecule has 6 nitrogen and oxygen atoms in total. The van der Waals surface area contributed by atoms with Crippen LogP contribution in [0.2, 0.25) is 0 Å². The maximum atomic E-state index is 13.1. The van der Waals surface area contributed by atoms with Crippen molar-refractivity contribution in [3.05, 3.63) is 59.8 Å². The topological polar surface area (TPSA) is 59.4 Å². The predicted octanol–water partition coefficient (Wildman–Crippen LogP) is 4.26. The van der Waals surface area contributed by atoms with Gasteiger partial charge in [0, 0.05) is 31.3 Å². The molecule has 29 heavy (non-hydrogen) atoms. The molecule has 1 aromatic heterocycles. The maximum Gasteiger partial charge on any atom is 0.255 e. The van der Waals surface area contributed by atoms with E-state index >= 15 is 0 Å². The molecule has 0 saturated carbocycles. The Bertz CT molecular complexity index is 1040. The number of amides is 1. The average Bonchev–Trinajstić information content (AvgIpc) is 3.38. The quantitative estimate of drug-likeness (QED) is 0.707. The van der Waals surface area contributed by atoms with Crippen LogP contribution in [0, 0.1) is 6.92 Å². The molecule has 0 aliphatic carbocycles. The summed E-state index contributed by atoms with van der Waals surface area (Å²) in [6, 6.07) is 15.4. The number of aryl methyl sites for hydroxylation is 1. The van der Waals surface area contributed by atoms with Crippen LogP contribution in [-0.2, 0) is 7.05 Å². The summed E-state index contributed by atoms with van der Waals surface area (Å²) in [5.41, 5.74) is 4.24. The fraction of sp³-hybridized carbons (Fsp3) is 0.304. The lowest BCUT2D eigenvalue weighted by Gasteiger charge is -2.17. The smallest absolute Gasteiger partial charge is 0.255 e. The van der Waals surface area contributed by atoms with Crippen molar-refractivity contribution >= 4 is 17.4 Å². The van der Waals surface area contributed by atoms with Gasteiger partial charge in [0.15, 0.2) is 5.82 Å². The summed E-state index contributed by atoms with van der Waals surface area (Å²) in [6.07, 6.45) is 2.31. The van der Waals surface area contributed by atoms with Crippen molar-refractivity contribution in [1.29, 1.82) is 0 Å². The minimum atomic E-state index is -0.140. The highest BCUT2D eigenvalue weighted by Crippen LogP contribution is 2.32. The fourth-order valence-electron chi connectivity index (χ4n) is 3.78. The number of methoxy groups -OCH3 is 1. The number of rotatable bonds is 5. The largest absolute Gasteiger partial charge is 0.496 e. The van der Waals surface area contributed by atoms with E-state index in [1.807, 2.05) is 67.2 Å². The molecule has 3 aromatic rings. The molecule has 1 fully saturated rings. The van der Waals surface area contributed by atoms with Gasteiger partial charge in [-0.3, -0.25) is 9.48 Å². The SMILES string of the molecule is COc1ccccc1-c1cccc(C(=O)Nc2c(N3CCCC3)nn(C)c2C)c1. The zero-order valence-corrected chi connectivity index (χ0v) is 17.1. The molecule has 1 saturated heterocycles. The van der Waals surface area contributed by atoms with E-state index in [1.165, 1.54) is 0 Å². The van der Waals surface area contributed by atoms with E-state index in [9.17, 15) is 4.79 Å². The number of benzene rings is 2. The number of para-hydroxylation sites is 1. The van der Waals surface area contributed by atoms with Crippen LogP contribution in [0.25, 0.3) is 11.1 Å². The van der Waals surface area contributed by atoms with Crippen LogP contribution < -0.4 is 15.0 Å². The Labute approximate surface area is 171 Å². The number of carbonyl (C=O) groups excluding carboxylic acids is 1. The van der Waals surface area contributed by atoms with Crippen LogP contribution in [0.15, 0.2) is 48.5 Å². The first-order chi connectivity index (χ1) is 14.1. The molecule has 150 valence electrons. The van der Waals surface area contributed by atoms with E-state index in [0.29, 0.717) is 5.56 Å². The van der Waals surface area contributed by atoms with Gasteiger partial charge < -0.3 is 15.0 Å². The second kappa shape index (κ2) is 7.99. The van der Waals surface area contributed by atoms with E-state index in [1.54, 1.807) is 7.11 Å². The van der Waals surface area contributed by atoms with Gasteiger partial charge in [0.1, 0.15) is 11.4 Å². The molecule has 1 aliphatic rings. The summed E-state index contributed by atoms with van der Waals surface area (Å²) in [4.78, 5) is 15.3. The number of nitrogens with zero attached hydrogens (tertiary/aromatic N) is 3. The van der Waals surface area contributed by atoms with Crippen molar-refractivity contribution < 1.29 is 9.53 Å². The van der Waals surface area contributed by atoms with Crippen molar-refractivity contribution in [3.63, 3.8) is 0 Å². The Hall–Kier alpha value is -3.28. The van der Waals surface area contributed by atoms with E-state index in [0.717, 1.165) is 60.0 Å². The fourth-order valence-corrected chi connectivity index (χ4v) is 3.78. The molecule has 0 bridgehead atoms.